The van der Waals surface area contributed by atoms with Gasteiger partial charge in [-0.2, -0.15) is 5.10 Å². The van der Waals surface area contributed by atoms with Gasteiger partial charge in [0.15, 0.2) is 10.8 Å². The number of anilines is 1. The number of hydrogen-bond acceptors (Lipinski definition) is 6. The zero-order valence-corrected chi connectivity index (χ0v) is 16.2. The molecule has 3 aromatic rings. The fourth-order valence-corrected chi connectivity index (χ4v) is 4.45. The minimum Gasteiger partial charge on any atom is -0.476 e. The molecule has 1 saturated heterocycles. The molecule has 7 nitrogen and oxygen atoms in total. The summed E-state index contributed by atoms with van der Waals surface area (Å²) in [5.74, 6) is -1.50. The first-order valence-corrected chi connectivity index (χ1v) is 9.73. The third-order valence-corrected chi connectivity index (χ3v) is 5.73. The Balaban J connectivity index is 1.77. The van der Waals surface area contributed by atoms with Gasteiger partial charge in [-0.05, 0) is 31.9 Å². The SMILES string of the molecule is Cc1cc(C(=O)O)nn1Cc1cc(OC(F)(F)F)cc2sc(N3CCCC3)nc12. The van der Waals surface area contributed by atoms with Crippen molar-refractivity contribution in [3.05, 3.63) is 35.2 Å². The number of aromatic carboxylic acids is 1. The lowest BCUT2D eigenvalue weighted by atomic mass is 10.2. The van der Waals surface area contributed by atoms with Crippen molar-refractivity contribution in [2.75, 3.05) is 18.0 Å². The number of carboxylic acid groups (broad SMARTS) is 1. The van der Waals surface area contributed by atoms with Crippen LogP contribution in [0.2, 0.25) is 0 Å². The van der Waals surface area contributed by atoms with Crippen molar-refractivity contribution in [3.63, 3.8) is 0 Å². The number of rotatable bonds is 5. The van der Waals surface area contributed by atoms with E-state index in [4.69, 9.17) is 5.11 Å². The zero-order chi connectivity index (χ0) is 20.8. The van der Waals surface area contributed by atoms with Crippen molar-refractivity contribution < 1.29 is 27.8 Å². The maximum absolute atomic E-state index is 12.8. The minimum atomic E-state index is -4.81. The Morgan fingerprint density at radius 1 is 1.28 bits per heavy atom. The maximum atomic E-state index is 12.8. The molecule has 0 saturated carbocycles. The van der Waals surface area contributed by atoms with E-state index in [1.54, 1.807) is 6.92 Å². The van der Waals surface area contributed by atoms with Gasteiger partial charge in [-0.25, -0.2) is 9.78 Å². The van der Waals surface area contributed by atoms with Gasteiger partial charge >= 0.3 is 12.3 Å². The number of carbonyl (C=O) groups is 1. The summed E-state index contributed by atoms with van der Waals surface area (Å²) in [6, 6.07) is 4.03. The van der Waals surface area contributed by atoms with Crippen molar-refractivity contribution in [2.45, 2.75) is 32.7 Å². The van der Waals surface area contributed by atoms with Gasteiger partial charge in [-0.1, -0.05) is 11.3 Å². The van der Waals surface area contributed by atoms with E-state index >= 15 is 0 Å². The number of halogens is 3. The van der Waals surface area contributed by atoms with Crippen molar-refractivity contribution in [3.8, 4) is 5.75 Å². The average molecular weight is 426 g/mol. The summed E-state index contributed by atoms with van der Waals surface area (Å²) in [4.78, 5) is 17.9. The van der Waals surface area contributed by atoms with Gasteiger partial charge in [0.05, 0.1) is 16.8 Å². The molecule has 0 radical (unpaired) electrons. The fourth-order valence-electron chi connectivity index (χ4n) is 3.35. The maximum Gasteiger partial charge on any atom is 0.573 e. The summed E-state index contributed by atoms with van der Waals surface area (Å²) in [5.41, 5.74) is 1.50. The zero-order valence-electron chi connectivity index (χ0n) is 15.4. The number of aryl methyl sites for hydroxylation is 1. The summed E-state index contributed by atoms with van der Waals surface area (Å²) in [6.45, 7) is 3.49. The van der Waals surface area contributed by atoms with E-state index in [0.717, 1.165) is 31.1 Å². The highest BCUT2D eigenvalue weighted by Gasteiger charge is 2.32. The largest absolute Gasteiger partial charge is 0.573 e. The molecule has 0 unspecified atom stereocenters. The molecule has 1 aromatic carbocycles. The lowest BCUT2D eigenvalue weighted by molar-refractivity contribution is -0.274. The molecule has 0 spiro atoms. The summed E-state index contributed by atoms with van der Waals surface area (Å²) in [6.07, 6.45) is -2.71. The molecule has 2 aromatic heterocycles. The van der Waals surface area contributed by atoms with E-state index in [1.165, 1.54) is 34.2 Å². The van der Waals surface area contributed by atoms with Gasteiger partial charge in [0.1, 0.15) is 5.75 Å². The minimum absolute atomic E-state index is 0.0772. The molecule has 0 aliphatic carbocycles. The van der Waals surface area contributed by atoms with Crippen LogP contribution in [0, 0.1) is 6.92 Å². The molecular weight excluding hydrogens is 409 g/mol. The van der Waals surface area contributed by atoms with E-state index in [-0.39, 0.29) is 18.0 Å². The van der Waals surface area contributed by atoms with Gasteiger partial charge in [-0.15, -0.1) is 13.2 Å². The Hall–Kier alpha value is -2.82. The van der Waals surface area contributed by atoms with E-state index in [2.05, 4.69) is 19.7 Å². The van der Waals surface area contributed by atoms with Crippen LogP contribution in [0.5, 0.6) is 5.75 Å². The topological polar surface area (TPSA) is 80.5 Å². The molecule has 0 amide bonds. The number of ether oxygens (including phenoxy) is 1. The van der Waals surface area contributed by atoms with Gasteiger partial charge in [-0.3, -0.25) is 4.68 Å². The number of fused-ring (bicyclic) bond motifs is 1. The van der Waals surface area contributed by atoms with Crippen LogP contribution in [0.25, 0.3) is 10.2 Å². The molecule has 1 aliphatic rings. The summed E-state index contributed by atoms with van der Waals surface area (Å²) >= 11 is 1.32. The summed E-state index contributed by atoms with van der Waals surface area (Å²) in [7, 11) is 0. The molecular formula is C18H17F3N4O3S. The number of hydrogen-bond donors (Lipinski definition) is 1. The Morgan fingerprint density at radius 3 is 2.62 bits per heavy atom. The van der Waals surface area contributed by atoms with E-state index in [0.29, 0.717) is 21.5 Å². The molecule has 0 bridgehead atoms. The molecule has 1 aliphatic heterocycles. The van der Waals surface area contributed by atoms with Crippen molar-refractivity contribution in [1.82, 2.24) is 14.8 Å². The summed E-state index contributed by atoms with van der Waals surface area (Å²) < 4.78 is 44.5. The third kappa shape index (κ3) is 4.14. The average Bonchev–Trinajstić information content (AvgIpc) is 3.33. The van der Waals surface area contributed by atoms with Crippen LogP contribution in [0.1, 0.15) is 34.6 Å². The highest BCUT2D eigenvalue weighted by Crippen LogP contribution is 2.37. The van der Waals surface area contributed by atoms with Crippen LogP contribution < -0.4 is 9.64 Å². The van der Waals surface area contributed by atoms with Gasteiger partial charge in [0.2, 0.25) is 0 Å². The second-order valence-electron chi connectivity index (χ2n) is 6.80. The van der Waals surface area contributed by atoms with Gasteiger partial charge in [0.25, 0.3) is 0 Å². The quantitative estimate of drug-likeness (QED) is 0.663. The Morgan fingerprint density at radius 2 is 2.00 bits per heavy atom. The van der Waals surface area contributed by atoms with E-state index < -0.39 is 12.3 Å². The second kappa shape index (κ2) is 7.21. The number of thiazole rings is 1. The molecule has 29 heavy (non-hydrogen) atoms. The highest BCUT2D eigenvalue weighted by atomic mass is 32.1. The normalized spacial score (nSPS) is 14.7. The first kappa shape index (κ1) is 19.5. The fraction of sp³-hybridized carbons (Fsp3) is 0.389. The molecule has 11 heteroatoms. The van der Waals surface area contributed by atoms with Crippen LogP contribution in [-0.4, -0.2) is 45.3 Å². The van der Waals surface area contributed by atoms with Crippen LogP contribution in [0.4, 0.5) is 18.3 Å². The van der Waals surface area contributed by atoms with Crippen molar-refractivity contribution in [2.24, 2.45) is 0 Å². The Labute approximate surface area is 167 Å². The predicted octanol–water partition coefficient (Wildman–Crippen LogP) is 4.05. The molecule has 3 heterocycles. The van der Waals surface area contributed by atoms with Crippen LogP contribution in [0.15, 0.2) is 18.2 Å². The lowest BCUT2D eigenvalue weighted by Crippen LogP contribution is -2.17. The molecule has 4 rings (SSSR count). The molecule has 1 N–H and O–H groups in total. The lowest BCUT2D eigenvalue weighted by Gasteiger charge is -2.12. The van der Waals surface area contributed by atoms with E-state index in [9.17, 15) is 18.0 Å². The number of benzene rings is 1. The first-order valence-electron chi connectivity index (χ1n) is 8.91. The molecule has 1 fully saturated rings. The highest BCUT2D eigenvalue weighted by molar-refractivity contribution is 7.22. The number of alkyl halides is 3. The monoisotopic (exact) mass is 426 g/mol. The van der Waals surface area contributed by atoms with Crippen LogP contribution in [0.3, 0.4) is 0 Å². The summed E-state index contributed by atoms with van der Waals surface area (Å²) in [5, 5.41) is 13.9. The predicted molar refractivity (Wildman–Crippen MR) is 101 cm³/mol. The number of carboxylic acids is 1. The number of nitrogens with zero attached hydrogens (tertiary/aromatic N) is 4. The third-order valence-electron chi connectivity index (χ3n) is 4.67. The Kier molecular flexibility index (Phi) is 4.85. The van der Waals surface area contributed by atoms with E-state index in [1.807, 2.05) is 0 Å². The number of aromatic nitrogens is 3. The van der Waals surface area contributed by atoms with Crippen LogP contribution in [-0.2, 0) is 6.54 Å². The molecule has 0 atom stereocenters. The first-order chi connectivity index (χ1) is 13.7. The molecule has 154 valence electrons. The smallest absolute Gasteiger partial charge is 0.476 e. The second-order valence-corrected chi connectivity index (χ2v) is 7.81. The standard InChI is InChI=1S/C18H17F3N4O3S/c1-10-6-13(16(26)27)23-25(10)9-11-7-12(28-18(19,20)21)8-14-15(11)22-17(29-14)24-4-2-3-5-24/h6-8H,2-5,9H2,1H3,(H,26,27). The Bertz CT molecular complexity index is 1070. The van der Waals surface area contributed by atoms with Crippen molar-refractivity contribution in [1.29, 1.82) is 0 Å². The van der Waals surface area contributed by atoms with Crippen LogP contribution >= 0.6 is 11.3 Å². The van der Waals surface area contributed by atoms with Crippen molar-refractivity contribution >= 4 is 32.7 Å². The van der Waals surface area contributed by atoms with Gasteiger partial charge in [0, 0.05) is 30.4 Å². The van der Waals surface area contributed by atoms with Gasteiger partial charge < -0.3 is 14.7 Å².